The van der Waals surface area contributed by atoms with Crippen molar-refractivity contribution in [1.29, 1.82) is 0 Å². The van der Waals surface area contributed by atoms with Crippen LogP contribution >= 0.6 is 0 Å². The van der Waals surface area contributed by atoms with E-state index in [1.54, 1.807) is 30.3 Å². The second-order valence-corrected chi connectivity index (χ2v) is 4.30. The normalized spacial score (nSPS) is 34.8. The van der Waals surface area contributed by atoms with Crippen molar-refractivity contribution in [3.8, 4) is 0 Å². The Bertz CT molecular complexity index is 439. The summed E-state index contributed by atoms with van der Waals surface area (Å²) >= 11 is 0. The maximum absolute atomic E-state index is 10.9. The lowest BCUT2D eigenvalue weighted by Gasteiger charge is -2.39. The summed E-state index contributed by atoms with van der Waals surface area (Å²) in [5.74, 6) is -1.40. The smallest absolute Gasteiger partial charge is 0.335 e. The molecule has 1 aromatic carbocycles. The van der Waals surface area contributed by atoms with Gasteiger partial charge in [-0.2, -0.15) is 0 Å². The van der Waals surface area contributed by atoms with Crippen LogP contribution in [-0.2, 0) is 9.53 Å². The van der Waals surface area contributed by atoms with Gasteiger partial charge in [0.15, 0.2) is 12.3 Å². The Balaban J connectivity index is 2.13. The summed E-state index contributed by atoms with van der Waals surface area (Å²) in [6.07, 6.45) is -7.44. The molecule has 1 heterocycles. The van der Waals surface area contributed by atoms with Crippen molar-refractivity contribution in [2.45, 2.75) is 30.6 Å². The minimum absolute atomic E-state index is 0.597. The molecular formula is C12H15NO6. The number of aliphatic carboxylic acids is 1. The van der Waals surface area contributed by atoms with Gasteiger partial charge in [0, 0.05) is 5.69 Å². The zero-order valence-corrected chi connectivity index (χ0v) is 9.88. The number of rotatable bonds is 3. The molecule has 0 spiro atoms. The van der Waals surface area contributed by atoms with Crippen molar-refractivity contribution in [1.82, 2.24) is 0 Å². The van der Waals surface area contributed by atoms with Crippen molar-refractivity contribution in [2.24, 2.45) is 0 Å². The van der Waals surface area contributed by atoms with Crippen LogP contribution in [0.25, 0.3) is 0 Å². The highest BCUT2D eigenvalue weighted by Crippen LogP contribution is 2.23. The number of carboxylic acids is 1. The molecule has 104 valence electrons. The highest BCUT2D eigenvalue weighted by Gasteiger charge is 2.46. The van der Waals surface area contributed by atoms with Gasteiger partial charge in [0.1, 0.15) is 18.3 Å². The Hall–Kier alpha value is -1.67. The summed E-state index contributed by atoms with van der Waals surface area (Å²) in [6, 6.07) is 8.68. The third-order valence-corrected chi connectivity index (χ3v) is 2.94. The lowest BCUT2D eigenvalue weighted by atomic mass is 9.98. The van der Waals surface area contributed by atoms with Crippen molar-refractivity contribution in [3.05, 3.63) is 30.3 Å². The van der Waals surface area contributed by atoms with Gasteiger partial charge >= 0.3 is 5.97 Å². The molecule has 5 unspecified atom stereocenters. The van der Waals surface area contributed by atoms with E-state index in [0.717, 1.165) is 0 Å². The molecule has 0 aromatic heterocycles. The number of carbonyl (C=O) groups is 1. The summed E-state index contributed by atoms with van der Waals surface area (Å²) in [4.78, 5) is 10.9. The maximum Gasteiger partial charge on any atom is 0.335 e. The summed E-state index contributed by atoms with van der Waals surface area (Å²) in [5, 5.41) is 40.6. The van der Waals surface area contributed by atoms with Gasteiger partial charge in [-0.3, -0.25) is 0 Å². The summed E-state index contributed by atoms with van der Waals surface area (Å²) in [5.41, 5.74) is 0.597. The van der Waals surface area contributed by atoms with Crippen LogP contribution in [0.1, 0.15) is 0 Å². The van der Waals surface area contributed by atoms with E-state index in [1.165, 1.54) is 0 Å². The van der Waals surface area contributed by atoms with Crippen LogP contribution in [0.4, 0.5) is 5.69 Å². The van der Waals surface area contributed by atoms with Gasteiger partial charge in [-0.15, -0.1) is 0 Å². The van der Waals surface area contributed by atoms with E-state index in [4.69, 9.17) is 9.84 Å². The van der Waals surface area contributed by atoms with Gasteiger partial charge in [0.05, 0.1) is 0 Å². The molecule has 0 aliphatic carbocycles. The van der Waals surface area contributed by atoms with Crippen LogP contribution in [-0.4, -0.2) is 57.0 Å². The van der Waals surface area contributed by atoms with Crippen molar-refractivity contribution in [2.75, 3.05) is 5.32 Å². The molecule has 1 aliphatic rings. The average molecular weight is 269 g/mol. The Labute approximate surface area is 109 Å². The monoisotopic (exact) mass is 269 g/mol. The zero-order chi connectivity index (χ0) is 14.0. The van der Waals surface area contributed by atoms with E-state index in [2.05, 4.69) is 5.32 Å². The summed E-state index contributed by atoms with van der Waals surface area (Å²) in [6.45, 7) is 0. The minimum Gasteiger partial charge on any atom is -0.479 e. The van der Waals surface area contributed by atoms with Crippen LogP contribution in [0.15, 0.2) is 30.3 Å². The maximum atomic E-state index is 10.9. The molecule has 0 amide bonds. The predicted molar refractivity (Wildman–Crippen MR) is 64.4 cm³/mol. The quantitative estimate of drug-likeness (QED) is 0.477. The molecule has 7 nitrogen and oxygen atoms in total. The molecule has 2 rings (SSSR count). The van der Waals surface area contributed by atoms with Crippen LogP contribution in [0.2, 0.25) is 0 Å². The number of anilines is 1. The predicted octanol–water partition coefficient (Wildman–Crippen LogP) is -1.01. The fraction of sp³-hybridized carbons (Fsp3) is 0.417. The largest absolute Gasteiger partial charge is 0.479 e. The first-order valence-electron chi connectivity index (χ1n) is 5.75. The van der Waals surface area contributed by atoms with E-state index in [9.17, 15) is 20.1 Å². The van der Waals surface area contributed by atoms with Crippen molar-refractivity contribution < 1.29 is 30.0 Å². The number of hydrogen-bond donors (Lipinski definition) is 5. The first kappa shape index (κ1) is 13.8. The number of benzene rings is 1. The number of para-hydroxylation sites is 1. The molecule has 1 fully saturated rings. The average Bonchev–Trinajstić information content (AvgIpc) is 2.40. The van der Waals surface area contributed by atoms with E-state index < -0.39 is 36.6 Å². The summed E-state index contributed by atoms with van der Waals surface area (Å²) in [7, 11) is 0. The summed E-state index contributed by atoms with van der Waals surface area (Å²) < 4.78 is 5.08. The Morgan fingerprint density at radius 3 is 2.26 bits per heavy atom. The van der Waals surface area contributed by atoms with E-state index in [-0.39, 0.29) is 0 Å². The number of ether oxygens (including phenoxy) is 1. The van der Waals surface area contributed by atoms with E-state index in [1.807, 2.05) is 0 Å². The molecule has 7 heteroatoms. The third kappa shape index (κ3) is 2.85. The Morgan fingerprint density at radius 1 is 1.05 bits per heavy atom. The van der Waals surface area contributed by atoms with Crippen LogP contribution in [0.3, 0.4) is 0 Å². The standard InChI is InChI=1S/C12H15NO6/c14-7-8(15)10(12(17)18)19-11(9(7)16)13-6-4-2-1-3-5-6/h1-5,7-11,13-16H,(H,17,18). The van der Waals surface area contributed by atoms with Crippen LogP contribution in [0, 0.1) is 0 Å². The number of nitrogens with one attached hydrogen (secondary N) is 1. The number of hydrogen-bond acceptors (Lipinski definition) is 6. The highest BCUT2D eigenvalue weighted by molar-refractivity contribution is 5.73. The molecule has 19 heavy (non-hydrogen) atoms. The van der Waals surface area contributed by atoms with Gasteiger partial charge in [0.2, 0.25) is 0 Å². The topological polar surface area (TPSA) is 119 Å². The highest BCUT2D eigenvalue weighted by atomic mass is 16.6. The minimum atomic E-state index is -1.68. The molecule has 1 aromatic rings. The number of aliphatic hydroxyl groups is 3. The zero-order valence-electron chi connectivity index (χ0n) is 9.88. The molecule has 5 atom stereocenters. The molecular weight excluding hydrogens is 254 g/mol. The van der Waals surface area contributed by atoms with Gasteiger partial charge < -0.3 is 30.5 Å². The number of aliphatic hydroxyl groups excluding tert-OH is 3. The van der Waals surface area contributed by atoms with Crippen LogP contribution in [0.5, 0.6) is 0 Å². The van der Waals surface area contributed by atoms with Crippen LogP contribution < -0.4 is 5.32 Å². The molecule has 0 bridgehead atoms. The fourth-order valence-electron chi connectivity index (χ4n) is 1.90. The van der Waals surface area contributed by atoms with E-state index in [0.29, 0.717) is 5.69 Å². The fourth-order valence-corrected chi connectivity index (χ4v) is 1.90. The van der Waals surface area contributed by atoms with Crippen molar-refractivity contribution >= 4 is 11.7 Å². The van der Waals surface area contributed by atoms with Crippen molar-refractivity contribution in [3.63, 3.8) is 0 Å². The second kappa shape index (κ2) is 5.54. The molecule has 1 aliphatic heterocycles. The Morgan fingerprint density at radius 2 is 1.68 bits per heavy atom. The Kier molecular flexibility index (Phi) is 4.01. The van der Waals surface area contributed by atoms with Gasteiger partial charge in [-0.25, -0.2) is 4.79 Å². The van der Waals surface area contributed by atoms with Gasteiger partial charge in [-0.05, 0) is 12.1 Å². The first-order valence-corrected chi connectivity index (χ1v) is 5.75. The lowest BCUT2D eigenvalue weighted by molar-refractivity contribution is -0.221. The van der Waals surface area contributed by atoms with Gasteiger partial charge in [0.25, 0.3) is 0 Å². The molecule has 0 radical (unpaired) electrons. The van der Waals surface area contributed by atoms with E-state index >= 15 is 0 Å². The van der Waals surface area contributed by atoms with Gasteiger partial charge in [-0.1, -0.05) is 18.2 Å². The molecule has 0 saturated carbocycles. The third-order valence-electron chi connectivity index (χ3n) is 2.94. The molecule has 1 saturated heterocycles. The molecule has 5 N–H and O–H groups in total. The number of carboxylic acid groups (broad SMARTS) is 1. The second-order valence-electron chi connectivity index (χ2n) is 4.30. The lowest BCUT2D eigenvalue weighted by Crippen LogP contribution is -2.61. The SMILES string of the molecule is O=C(O)C1OC(Nc2ccccc2)C(O)C(O)C1O. The first-order chi connectivity index (χ1) is 9.00.